The number of aromatic hydroxyl groups is 1. The van der Waals surface area contributed by atoms with Gasteiger partial charge in [0.05, 0.1) is 140 Å². The maximum Gasteiger partial charge on any atom is 0.534 e. The van der Waals surface area contributed by atoms with Crippen LogP contribution in [0.4, 0.5) is 56.9 Å². The summed E-state index contributed by atoms with van der Waals surface area (Å²) < 4.78 is 90.4. The number of halogens is 4. The first kappa shape index (κ1) is 92.8. The minimum Gasteiger partial charge on any atom is -0.508 e. The van der Waals surface area contributed by atoms with Gasteiger partial charge in [0.15, 0.2) is 5.75 Å². The van der Waals surface area contributed by atoms with Gasteiger partial charge >= 0.3 is 27.8 Å². The van der Waals surface area contributed by atoms with Crippen LogP contribution in [0.15, 0.2) is 158 Å². The molecule has 5 aromatic carbocycles. The van der Waals surface area contributed by atoms with Gasteiger partial charge in [0.25, 0.3) is 28.4 Å². The number of rotatable bonds is 16. The summed E-state index contributed by atoms with van der Waals surface area (Å²) >= 11 is 3.14. The van der Waals surface area contributed by atoms with Crippen molar-refractivity contribution < 1.29 is 84.0 Å². The number of non-ortho nitro benzene ring substituents is 5. The summed E-state index contributed by atoms with van der Waals surface area (Å²) in [7, 11) is -3.00. The molecule has 117 heavy (non-hydrogen) atoms. The number of aromatic nitrogens is 10. The number of aromatic amines is 1. The number of alkyl halides is 3. The Labute approximate surface area is 677 Å². The zero-order chi connectivity index (χ0) is 86.9. The standard InChI is InChI=1S/C20H27N5O4.C11H8F3N3O5S.C11H11N3O3.C11H21NO2.C10H9N3O3.C7H6BrNO3.C4H6N2/c1-14-11-24(13-21-14)17-8-16(9-18(10-17)25(27)28)23-7-5-6-15(12-23)22-19(26)29-20(2,3)4;1-7-5-16(6-15-7)8-2-9(17(18)19)4-10(3-8)22-23(20,21)11(12,13)14;1-8-6-13(7-12-8)9-3-10(14(15)16)5-11(4-9)17-2;1-11(2,3)14-10(13)12-9-7-5-4-6-8-9;1-7-5-12(6-11-7)8-2-9(13(15)16)4-10(14)3-8;1-12-7-3-5(8)2-6(4-7)9(10)11;1-4-2-5-3-6-4/h8-11,13,15H,5-7,12H2,1-4H3,(H,22,26);2-6H,1H3;3-7H,1-2H3;9H,4-8H2,1-3H3,(H,12,13);2-6,14H,1H3;2-4H,1H3;2-3H,1H3,(H,5,6)/t15-;;;;;;/m0....../s1. The number of methoxy groups -OCH3 is 2. The third-order valence-corrected chi connectivity index (χ3v) is 17.3. The van der Waals surface area contributed by atoms with Crippen LogP contribution in [0, 0.1) is 85.2 Å². The number of nitrogens with zero attached hydrogens (tertiary/aromatic N) is 15. The van der Waals surface area contributed by atoms with E-state index in [4.69, 9.17) is 18.9 Å². The molecule has 1 saturated heterocycles. The van der Waals surface area contributed by atoms with Gasteiger partial charge in [-0.1, -0.05) is 35.2 Å². The Kier molecular flexibility index (Phi) is 33.1. The number of ether oxygens (including phenoxy) is 4. The second-order valence-corrected chi connectivity index (χ2v) is 30.4. The molecule has 0 bridgehead atoms. The first-order chi connectivity index (χ1) is 54.7. The van der Waals surface area contributed by atoms with Crippen LogP contribution in [0.5, 0.6) is 23.0 Å². The van der Waals surface area contributed by atoms with Crippen molar-refractivity contribution in [1.29, 1.82) is 0 Å². The van der Waals surface area contributed by atoms with E-state index in [1.54, 1.807) is 76.4 Å². The number of nitro benzene ring substituents is 5. The van der Waals surface area contributed by atoms with Crippen LogP contribution in [0.1, 0.15) is 115 Å². The summed E-state index contributed by atoms with van der Waals surface area (Å²) in [4.78, 5) is 99.7. The molecular formula is C74H88BrF3N18O20S. The molecule has 1 aliphatic carbocycles. The zero-order valence-electron chi connectivity index (χ0n) is 65.8. The smallest absolute Gasteiger partial charge is 0.508 e. The van der Waals surface area contributed by atoms with Crippen molar-refractivity contribution in [3.63, 3.8) is 0 Å². The molecule has 0 spiro atoms. The second kappa shape index (κ2) is 41.8. The molecule has 43 heteroatoms. The fourth-order valence-corrected chi connectivity index (χ4v) is 11.6. The lowest BCUT2D eigenvalue weighted by atomic mass is 9.96. The summed E-state index contributed by atoms with van der Waals surface area (Å²) in [6.45, 7) is 21.6. The number of nitrogens with one attached hydrogen (secondary N) is 3. The fraction of sp³-hybridized carbons (Fsp3) is 0.365. The van der Waals surface area contributed by atoms with Crippen molar-refractivity contribution in [2.75, 3.05) is 32.2 Å². The molecule has 0 unspecified atom stereocenters. The number of anilines is 1. The topological polar surface area (TPSA) is 478 Å². The molecule has 2 aliphatic rings. The van der Waals surface area contributed by atoms with E-state index in [1.165, 1.54) is 99.4 Å². The Morgan fingerprint density at radius 2 is 0.880 bits per heavy atom. The van der Waals surface area contributed by atoms with Gasteiger partial charge in [-0.25, -0.2) is 34.5 Å². The number of hydrogen-bond donors (Lipinski definition) is 4. The predicted molar refractivity (Wildman–Crippen MR) is 425 cm³/mol. The van der Waals surface area contributed by atoms with Crippen molar-refractivity contribution in [3.05, 3.63) is 237 Å². The first-order valence-electron chi connectivity index (χ1n) is 35.4. The van der Waals surface area contributed by atoms with E-state index >= 15 is 0 Å². The molecule has 5 aromatic heterocycles. The average molecular weight is 1720 g/mol. The number of hydrogen-bond acceptors (Lipinski definition) is 26. The quantitative estimate of drug-likeness (QED) is 0.0302. The van der Waals surface area contributed by atoms with Gasteiger partial charge < -0.3 is 67.0 Å². The van der Waals surface area contributed by atoms with Crippen LogP contribution in [0.25, 0.3) is 22.7 Å². The van der Waals surface area contributed by atoms with E-state index in [9.17, 15) is 86.9 Å². The molecule has 6 heterocycles. The van der Waals surface area contributed by atoms with Crippen LogP contribution in [-0.4, -0.2) is 155 Å². The lowest BCUT2D eigenvalue weighted by molar-refractivity contribution is -0.385. The van der Waals surface area contributed by atoms with Crippen molar-refractivity contribution in [2.24, 2.45) is 0 Å². The highest BCUT2D eigenvalue weighted by Gasteiger charge is 2.49. The molecule has 628 valence electrons. The van der Waals surface area contributed by atoms with Gasteiger partial charge in [-0.15, -0.1) is 0 Å². The highest BCUT2D eigenvalue weighted by atomic mass is 79.9. The van der Waals surface area contributed by atoms with E-state index in [-0.39, 0.29) is 46.3 Å². The minimum atomic E-state index is -5.93. The van der Waals surface area contributed by atoms with Crippen molar-refractivity contribution in [2.45, 2.75) is 150 Å². The van der Waals surface area contributed by atoms with Crippen LogP contribution < -0.4 is 29.2 Å². The Balaban J connectivity index is 0.000000220. The number of alkyl carbamates (subject to hydrolysis) is 2. The molecule has 38 nitrogen and oxygen atoms in total. The van der Waals surface area contributed by atoms with Gasteiger partial charge in [-0.2, -0.15) is 21.6 Å². The lowest BCUT2D eigenvalue weighted by Gasteiger charge is -2.35. The molecule has 1 aliphatic heterocycles. The van der Waals surface area contributed by atoms with E-state index in [2.05, 4.69) is 65.6 Å². The zero-order valence-corrected chi connectivity index (χ0v) is 68.2. The van der Waals surface area contributed by atoms with E-state index in [1.807, 2.05) is 81.5 Å². The highest BCUT2D eigenvalue weighted by Crippen LogP contribution is 2.34. The number of benzene rings is 5. The third-order valence-electron chi connectivity index (χ3n) is 15.9. The molecule has 12 rings (SSSR count). The summed E-state index contributed by atoms with van der Waals surface area (Å²) in [6.07, 6.45) is 23.2. The summed E-state index contributed by atoms with van der Waals surface area (Å²) in [6, 6.07) is 20.7. The number of amides is 2. The van der Waals surface area contributed by atoms with Crippen molar-refractivity contribution in [3.8, 4) is 45.7 Å². The molecule has 4 N–H and O–H groups in total. The number of phenolic OH excluding ortho intramolecular Hbond substituents is 1. The van der Waals surface area contributed by atoms with Gasteiger partial charge in [-0.3, -0.25) is 50.6 Å². The Hall–Kier alpha value is -13.1. The maximum atomic E-state index is 12.3. The average Bonchev–Trinajstić information content (AvgIpc) is 1.73. The Morgan fingerprint density at radius 1 is 0.513 bits per heavy atom. The number of aryl methyl sites for hydroxylation is 5. The van der Waals surface area contributed by atoms with Crippen LogP contribution in [0.2, 0.25) is 0 Å². The monoisotopic (exact) mass is 1720 g/mol. The van der Waals surface area contributed by atoms with Crippen LogP contribution >= 0.6 is 15.9 Å². The Bertz CT molecular complexity index is 5170. The van der Waals surface area contributed by atoms with Gasteiger partial charge in [-0.05, 0) is 114 Å². The number of phenols is 1. The Morgan fingerprint density at radius 3 is 1.26 bits per heavy atom. The summed E-state index contributed by atoms with van der Waals surface area (Å²) in [5.41, 5.74) is -0.640. The van der Waals surface area contributed by atoms with Crippen LogP contribution in [-0.2, 0) is 19.6 Å². The number of imidazole rings is 5. The molecule has 0 radical (unpaired) electrons. The number of H-pyrrole nitrogens is 1. The largest absolute Gasteiger partial charge is 0.534 e. The first-order valence-corrected chi connectivity index (χ1v) is 37.6. The van der Waals surface area contributed by atoms with E-state index in [0.717, 1.165) is 78.9 Å². The maximum absolute atomic E-state index is 12.3. The van der Waals surface area contributed by atoms with E-state index < -0.39 is 69.0 Å². The van der Waals surface area contributed by atoms with Gasteiger partial charge in [0.2, 0.25) is 0 Å². The molecule has 10 aromatic rings. The number of piperidine rings is 1. The molecular weight excluding hydrogens is 1630 g/mol. The third kappa shape index (κ3) is 31.0. The van der Waals surface area contributed by atoms with Crippen molar-refractivity contribution in [1.82, 2.24) is 58.8 Å². The molecule has 1 atom stereocenters. The van der Waals surface area contributed by atoms with Gasteiger partial charge in [0, 0.05) is 127 Å². The normalized spacial score (nSPS) is 13.2. The van der Waals surface area contributed by atoms with E-state index in [0.29, 0.717) is 57.4 Å². The van der Waals surface area contributed by atoms with Crippen molar-refractivity contribution >= 4 is 72.4 Å². The number of nitro groups is 5. The SMILES string of the molecule is CC(C)(C)OC(=O)NC1CCCCC1.COc1cc(-n2cnc(C)c2)cc([N+](=O)[O-])c1.COc1cc(Br)cc([N+](=O)[O-])c1.Cc1cn(-c2cc(N3CCC[C@H](NC(=O)OC(C)(C)C)C3)cc([N+](=O)[O-])c2)cn1.Cc1cn(-c2cc(O)cc([N+](=O)[O-])c2)cn1.Cc1cn(-c2cc(OS(=O)(=O)C(F)(F)F)cc([N+](=O)[O-])c2)cn1.Cc1cnc[nH]1. The fourth-order valence-electron chi connectivity index (χ4n) is 10.7. The highest BCUT2D eigenvalue weighted by molar-refractivity contribution is 9.10. The summed E-state index contributed by atoms with van der Waals surface area (Å²) in [5, 5.41) is 69.3. The molecule has 2 fully saturated rings. The molecule has 2 amide bonds. The predicted octanol–water partition coefficient (Wildman–Crippen LogP) is 15.7. The minimum absolute atomic E-state index is 0.00861. The number of carbonyl (C=O) groups is 2. The summed E-state index contributed by atoms with van der Waals surface area (Å²) in [5.74, 6) is -0.0648. The van der Waals surface area contributed by atoms with Crippen LogP contribution in [0.3, 0.4) is 0 Å². The molecule has 1 saturated carbocycles. The van der Waals surface area contributed by atoms with Gasteiger partial charge in [0.1, 0.15) is 28.5 Å². The second-order valence-electron chi connectivity index (χ2n) is 27.9. The number of carbonyl (C=O) groups excluding carboxylic acids is 2. The lowest BCUT2D eigenvalue weighted by Crippen LogP contribution is -2.49.